The van der Waals surface area contributed by atoms with E-state index in [-0.39, 0.29) is 35.6 Å². The van der Waals surface area contributed by atoms with Crippen LogP contribution < -0.4 is 5.32 Å². The van der Waals surface area contributed by atoms with Crippen LogP contribution in [-0.4, -0.2) is 25.5 Å². The van der Waals surface area contributed by atoms with Crippen molar-refractivity contribution in [3.8, 4) is 6.07 Å². The van der Waals surface area contributed by atoms with Gasteiger partial charge in [0.2, 0.25) is 5.91 Å². The van der Waals surface area contributed by atoms with Crippen molar-refractivity contribution in [1.29, 1.82) is 5.26 Å². The van der Waals surface area contributed by atoms with Gasteiger partial charge in [0, 0.05) is 18.6 Å². The zero-order valence-electron chi connectivity index (χ0n) is 13.0. The first-order valence-electron chi connectivity index (χ1n) is 6.98. The van der Waals surface area contributed by atoms with E-state index in [1.54, 1.807) is 6.07 Å². The zero-order valence-corrected chi connectivity index (χ0v) is 13.0. The summed E-state index contributed by atoms with van der Waals surface area (Å²) in [5.41, 5.74) is 0.0529. The molecule has 0 fully saturated rings. The van der Waals surface area contributed by atoms with Gasteiger partial charge in [-0.3, -0.25) is 29.7 Å². The minimum Gasteiger partial charge on any atom is -0.325 e. The van der Waals surface area contributed by atoms with E-state index in [4.69, 9.17) is 5.26 Å². The van der Waals surface area contributed by atoms with E-state index >= 15 is 0 Å². The molecule has 11 heteroatoms. The Morgan fingerprint density at radius 2 is 2.08 bits per heavy atom. The molecule has 1 N–H and O–H groups in total. The summed E-state index contributed by atoms with van der Waals surface area (Å²) in [6.07, 6.45) is 1.07. The number of anilines is 1. The summed E-state index contributed by atoms with van der Waals surface area (Å²) in [6, 6.07) is 5.30. The van der Waals surface area contributed by atoms with Crippen molar-refractivity contribution in [2.45, 2.75) is 19.9 Å². The first kappa shape index (κ1) is 17.5. The molecular formula is C14H12N6O5. The predicted octanol–water partition coefficient (Wildman–Crippen LogP) is 1.91. The van der Waals surface area contributed by atoms with Crippen molar-refractivity contribution >= 4 is 23.0 Å². The molecule has 11 nitrogen and oxygen atoms in total. The third-order valence-electron chi connectivity index (χ3n) is 3.43. The standard InChI is InChI=1S/C14H12N6O5/c1-9-13(20(24)25)8-16-18(9)5-4-14(21)17-12-3-2-11(19(22)23)6-10(12)7-15/h2-3,6,8H,4-5H2,1H3,(H,17,21). The maximum atomic E-state index is 12.0. The molecular weight excluding hydrogens is 332 g/mol. The summed E-state index contributed by atoms with van der Waals surface area (Å²) in [4.78, 5) is 32.2. The summed E-state index contributed by atoms with van der Waals surface area (Å²) >= 11 is 0. The number of nitro groups is 2. The van der Waals surface area contributed by atoms with Crippen molar-refractivity contribution in [3.05, 3.63) is 55.9 Å². The predicted molar refractivity (Wildman–Crippen MR) is 84.7 cm³/mol. The third-order valence-corrected chi connectivity index (χ3v) is 3.43. The topological polar surface area (TPSA) is 157 Å². The highest BCUT2D eigenvalue weighted by atomic mass is 16.6. The number of hydrogen-bond acceptors (Lipinski definition) is 7. The summed E-state index contributed by atoms with van der Waals surface area (Å²) in [5.74, 6) is -0.456. The van der Waals surface area contributed by atoms with Crippen molar-refractivity contribution in [2.75, 3.05) is 5.32 Å². The van der Waals surface area contributed by atoms with Gasteiger partial charge in [0.25, 0.3) is 5.69 Å². The Kier molecular flexibility index (Phi) is 5.03. The number of nitrogens with zero attached hydrogens (tertiary/aromatic N) is 5. The summed E-state index contributed by atoms with van der Waals surface area (Å²) in [6.45, 7) is 1.63. The van der Waals surface area contributed by atoms with Crippen molar-refractivity contribution < 1.29 is 14.6 Å². The van der Waals surface area contributed by atoms with Gasteiger partial charge in [-0.15, -0.1) is 0 Å². The molecule has 1 aromatic heterocycles. The lowest BCUT2D eigenvalue weighted by Gasteiger charge is -2.07. The van der Waals surface area contributed by atoms with Crippen LogP contribution in [0.2, 0.25) is 0 Å². The van der Waals surface area contributed by atoms with E-state index < -0.39 is 15.8 Å². The van der Waals surface area contributed by atoms with Crippen LogP contribution in [-0.2, 0) is 11.3 Å². The fourth-order valence-corrected chi connectivity index (χ4v) is 2.11. The molecule has 0 aliphatic carbocycles. The maximum absolute atomic E-state index is 12.0. The highest BCUT2D eigenvalue weighted by Gasteiger charge is 2.17. The fraction of sp³-hybridized carbons (Fsp3) is 0.214. The molecule has 0 spiro atoms. The highest BCUT2D eigenvalue weighted by molar-refractivity contribution is 5.92. The normalized spacial score (nSPS) is 10.1. The number of nitriles is 1. The number of carbonyl (C=O) groups is 1. The molecule has 2 rings (SSSR count). The van der Waals surface area contributed by atoms with Crippen LogP contribution in [0.5, 0.6) is 0 Å². The van der Waals surface area contributed by atoms with Crippen LogP contribution in [0.15, 0.2) is 24.4 Å². The molecule has 0 radical (unpaired) electrons. The van der Waals surface area contributed by atoms with E-state index in [0.29, 0.717) is 5.69 Å². The van der Waals surface area contributed by atoms with Crippen LogP contribution in [0.4, 0.5) is 17.1 Å². The van der Waals surface area contributed by atoms with E-state index in [1.807, 2.05) is 0 Å². The Morgan fingerprint density at radius 3 is 2.64 bits per heavy atom. The van der Waals surface area contributed by atoms with Gasteiger partial charge in [-0.1, -0.05) is 0 Å². The lowest BCUT2D eigenvalue weighted by molar-refractivity contribution is -0.385. The van der Waals surface area contributed by atoms with Crippen LogP contribution in [0.25, 0.3) is 0 Å². The van der Waals surface area contributed by atoms with Gasteiger partial charge in [-0.25, -0.2) is 0 Å². The van der Waals surface area contributed by atoms with Gasteiger partial charge in [0.15, 0.2) is 0 Å². The number of benzene rings is 1. The average Bonchev–Trinajstić information content (AvgIpc) is 2.94. The molecule has 0 atom stereocenters. The second-order valence-corrected chi connectivity index (χ2v) is 4.99. The Labute approximate surface area is 140 Å². The number of rotatable bonds is 6. The minimum atomic E-state index is -0.639. The van der Waals surface area contributed by atoms with Gasteiger partial charge >= 0.3 is 5.69 Å². The molecule has 25 heavy (non-hydrogen) atoms. The van der Waals surface area contributed by atoms with E-state index in [0.717, 1.165) is 12.3 Å². The number of non-ortho nitro benzene ring substituents is 1. The molecule has 128 valence electrons. The molecule has 1 heterocycles. The number of aromatic nitrogens is 2. The molecule has 0 aliphatic heterocycles. The van der Waals surface area contributed by atoms with Gasteiger partial charge in [-0.2, -0.15) is 10.4 Å². The van der Waals surface area contributed by atoms with E-state index in [1.165, 1.54) is 23.7 Å². The molecule has 0 saturated carbocycles. The highest BCUT2D eigenvalue weighted by Crippen LogP contribution is 2.22. The van der Waals surface area contributed by atoms with E-state index in [2.05, 4.69) is 10.4 Å². The Morgan fingerprint density at radius 1 is 1.36 bits per heavy atom. The van der Waals surface area contributed by atoms with Crippen LogP contribution >= 0.6 is 0 Å². The SMILES string of the molecule is Cc1c([N+](=O)[O-])cnn1CCC(=O)Nc1ccc([N+](=O)[O-])cc1C#N. The number of nitro benzene ring substituents is 1. The third kappa shape index (κ3) is 3.94. The molecule has 0 bridgehead atoms. The van der Waals surface area contributed by atoms with Crippen LogP contribution in [0, 0.1) is 38.5 Å². The minimum absolute atomic E-state index is 0.0338. The second kappa shape index (κ2) is 7.18. The Hall–Kier alpha value is -3.81. The Balaban J connectivity index is 2.05. The van der Waals surface area contributed by atoms with Crippen molar-refractivity contribution in [2.24, 2.45) is 0 Å². The van der Waals surface area contributed by atoms with Gasteiger partial charge in [0.1, 0.15) is 18.0 Å². The Bertz CT molecular complexity index is 898. The maximum Gasteiger partial charge on any atom is 0.309 e. The summed E-state index contributed by atoms with van der Waals surface area (Å²) < 4.78 is 1.33. The number of hydrogen-bond donors (Lipinski definition) is 1. The average molecular weight is 344 g/mol. The first-order chi connectivity index (χ1) is 11.8. The molecule has 0 aliphatic rings. The molecule has 1 amide bonds. The molecule has 2 aromatic rings. The number of aryl methyl sites for hydroxylation is 1. The largest absolute Gasteiger partial charge is 0.325 e. The monoisotopic (exact) mass is 344 g/mol. The molecule has 0 saturated heterocycles. The smallest absolute Gasteiger partial charge is 0.309 e. The van der Waals surface area contributed by atoms with Crippen molar-refractivity contribution in [3.63, 3.8) is 0 Å². The lowest BCUT2D eigenvalue weighted by atomic mass is 10.1. The van der Waals surface area contributed by atoms with Gasteiger partial charge in [-0.05, 0) is 13.0 Å². The van der Waals surface area contributed by atoms with Gasteiger partial charge < -0.3 is 5.32 Å². The zero-order chi connectivity index (χ0) is 18.6. The molecule has 0 unspecified atom stereocenters. The van der Waals surface area contributed by atoms with E-state index in [9.17, 15) is 25.0 Å². The number of carbonyl (C=O) groups excluding carboxylic acids is 1. The summed E-state index contributed by atoms with van der Waals surface area (Å²) in [5, 5.41) is 36.8. The second-order valence-electron chi connectivity index (χ2n) is 4.99. The quantitative estimate of drug-likeness (QED) is 0.619. The van der Waals surface area contributed by atoms with Crippen LogP contribution in [0.3, 0.4) is 0 Å². The lowest BCUT2D eigenvalue weighted by Crippen LogP contribution is -2.16. The fourth-order valence-electron chi connectivity index (χ4n) is 2.11. The first-order valence-corrected chi connectivity index (χ1v) is 6.98. The van der Waals surface area contributed by atoms with Crippen LogP contribution in [0.1, 0.15) is 17.7 Å². The number of amides is 1. The molecule has 1 aromatic carbocycles. The van der Waals surface area contributed by atoms with Gasteiger partial charge in [0.05, 0.1) is 27.6 Å². The summed E-state index contributed by atoms with van der Waals surface area (Å²) in [7, 11) is 0. The van der Waals surface area contributed by atoms with Crippen molar-refractivity contribution in [1.82, 2.24) is 9.78 Å². The number of nitrogens with one attached hydrogen (secondary N) is 1.